The second-order valence-corrected chi connectivity index (χ2v) is 7.11. The van der Waals surface area contributed by atoms with E-state index < -0.39 is 0 Å². The number of aliphatic hydroxyl groups is 1. The van der Waals surface area contributed by atoms with E-state index in [0.29, 0.717) is 23.7 Å². The highest BCUT2D eigenvalue weighted by molar-refractivity contribution is 5.82. The average Bonchev–Trinajstić information content (AvgIpc) is 2.42. The van der Waals surface area contributed by atoms with Gasteiger partial charge in [0.05, 0.1) is 6.61 Å². The number of hydrogen-bond donors (Lipinski definition) is 1. The van der Waals surface area contributed by atoms with E-state index in [1.807, 2.05) is 0 Å². The molecule has 2 aliphatic rings. The maximum absolute atomic E-state index is 12.3. The molecule has 0 heterocycles. The predicted octanol–water partition coefficient (Wildman–Crippen LogP) is 2.86. The minimum atomic E-state index is 0.194. The molecule has 0 aliphatic heterocycles. The molecule has 1 N–H and O–H groups in total. The first kappa shape index (κ1) is 16.0. The summed E-state index contributed by atoms with van der Waals surface area (Å²) in [5, 5.41) is 9.34. The molecule has 0 saturated heterocycles. The average molecular weight is 281 g/mol. The largest absolute Gasteiger partial charge is 0.395 e. The molecule has 0 aromatic heterocycles. The Morgan fingerprint density at radius 3 is 2.50 bits per heavy atom. The summed E-state index contributed by atoms with van der Waals surface area (Å²) in [5.74, 6) is 1.69. The van der Waals surface area contributed by atoms with Gasteiger partial charge in [0.25, 0.3) is 0 Å². The summed E-state index contributed by atoms with van der Waals surface area (Å²) < 4.78 is 0. The van der Waals surface area contributed by atoms with Gasteiger partial charge in [-0.15, -0.1) is 0 Å². The Balaban J connectivity index is 1.97. The molecule has 0 amide bonds. The Kier molecular flexibility index (Phi) is 6.03. The maximum atomic E-state index is 12.3. The summed E-state index contributed by atoms with van der Waals surface area (Å²) in [4.78, 5) is 14.8. The van der Waals surface area contributed by atoms with E-state index >= 15 is 0 Å². The van der Waals surface area contributed by atoms with Crippen molar-refractivity contribution in [1.82, 2.24) is 4.90 Å². The van der Waals surface area contributed by atoms with E-state index in [4.69, 9.17) is 0 Å². The van der Waals surface area contributed by atoms with Crippen LogP contribution in [0.25, 0.3) is 0 Å². The van der Waals surface area contributed by atoms with Gasteiger partial charge in [-0.2, -0.15) is 0 Å². The number of nitrogens with zero attached hydrogens (tertiary/aromatic N) is 1. The number of carbonyl (C=O) groups excluding carboxylic acids is 1. The van der Waals surface area contributed by atoms with Gasteiger partial charge in [0, 0.05) is 31.5 Å². The first-order chi connectivity index (χ1) is 9.61. The van der Waals surface area contributed by atoms with Crippen LogP contribution in [-0.4, -0.2) is 41.5 Å². The minimum absolute atomic E-state index is 0.194. The van der Waals surface area contributed by atoms with Gasteiger partial charge in [0.1, 0.15) is 5.78 Å². The molecule has 3 nitrogen and oxygen atoms in total. The van der Waals surface area contributed by atoms with Gasteiger partial charge in [-0.3, -0.25) is 9.69 Å². The van der Waals surface area contributed by atoms with Crippen LogP contribution in [0.2, 0.25) is 0 Å². The Morgan fingerprint density at radius 2 is 1.90 bits per heavy atom. The monoisotopic (exact) mass is 281 g/mol. The quantitative estimate of drug-likeness (QED) is 0.842. The molecule has 20 heavy (non-hydrogen) atoms. The highest BCUT2D eigenvalue weighted by Crippen LogP contribution is 2.33. The number of ketones is 1. The molecule has 3 atom stereocenters. The maximum Gasteiger partial charge on any atom is 0.137 e. The van der Waals surface area contributed by atoms with Gasteiger partial charge in [0.2, 0.25) is 0 Å². The van der Waals surface area contributed by atoms with E-state index in [1.54, 1.807) is 0 Å². The fourth-order valence-electron chi connectivity index (χ4n) is 4.23. The van der Waals surface area contributed by atoms with Crippen molar-refractivity contribution in [1.29, 1.82) is 0 Å². The molecular weight excluding hydrogens is 250 g/mol. The third-order valence-electron chi connectivity index (χ3n) is 5.33. The summed E-state index contributed by atoms with van der Waals surface area (Å²) in [6.45, 7) is 6.24. The van der Waals surface area contributed by atoms with E-state index in [-0.39, 0.29) is 12.5 Å². The van der Waals surface area contributed by atoms with Crippen LogP contribution in [-0.2, 0) is 4.79 Å². The van der Waals surface area contributed by atoms with Crippen molar-refractivity contribution in [3.05, 3.63) is 0 Å². The zero-order valence-electron chi connectivity index (χ0n) is 13.2. The Hall–Kier alpha value is -0.410. The molecule has 2 aliphatic carbocycles. The van der Waals surface area contributed by atoms with Crippen molar-refractivity contribution >= 4 is 5.78 Å². The van der Waals surface area contributed by atoms with Crippen LogP contribution in [0.5, 0.6) is 0 Å². The number of hydrogen-bond acceptors (Lipinski definition) is 3. The van der Waals surface area contributed by atoms with Crippen LogP contribution in [0, 0.1) is 17.8 Å². The zero-order valence-corrected chi connectivity index (χ0v) is 13.2. The molecule has 3 unspecified atom stereocenters. The van der Waals surface area contributed by atoms with Crippen molar-refractivity contribution in [2.24, 2.45) is 17.8 Å². The Bertz CT molecular complexity index is 312. The number of carbonyl (C=O) groups is 1. The molecule has 116 valence electrons. The SMILES string of the molecule is CC1CC(=O)C(CN(CCO)C2CCCCC2)C(C)C1. The molecule has 0 aromatic carbocycles. The second kappa shape index (κ2) is 7.56. The summed E-state index contributed by atoms with van der Waals surface area (Å²) in [6.07, 6.45) is 8.37. The lowest BCUT2D eigenvalue weighted by atomic mass is 9.74. The molecule has 2 rings (SSSR count). The van der Waals surface area contributed by atoms with E-state index in [0.717, 1.165) is 19.5 Å². The Morgan fingerprint density at radius 1 is 1.20 bits per heavy atom. The van der Waals surface area contributed by atoms with Gasteiger partial charge in [0.15, 0.2) is 0 Å². The lowest BCUT2D eigenvalue weighted by Gasteiger charge is -2.39. The second-order valence-electron chi connectivity index (χ2n) is 7.11. The van der Waals surface area contributed by atoms with Gasteiger partial charge >= 0.3 is 0 Å². The van der Waals surface area contributed by atoms with Gasteiger partial charge in [-0.1, -0.05) is 33.1 Å². The molecule has 3 heteroatoms. The van der Waals surface area contributed by atoms with Gasteiger partial charge in [-0.25, -0.2) is 0 Å². The smallest absolute Gasteiger partial charge is 0.137 e. The third kappa shape index (κ3) is 4.05. The van der Waals surface area contributed by atoms with Crippen molar-refractivity contribution in [3.8, 4) is 0 Å². The van der Waals surface area contributed by atoms with Crippen LogP contribution in [0.3, 0.4) is 0 Å². The standard InChI is InChI=1S/C17H31NO2/c1-13-10-14(2)16(17(20)11-13)12-18(8-9-19)15-6-4-3-5-7-15/h13-16,19H,3-12H2,1-2H3. The first-order valence-electron chi connectivity index (χ1n) is 8.49. The summed E-state index contributed by atoms with van der Waals surface area (Å²) in [6, 6.07) is 0.593. The molecule has 2 saturated carbocycles. The molecular formula is C17H31NO2. The third-order valence-corrected chi connectivity index (χ3v) is 5.33. The number of rotatable bonds is 5. The normalized spacial score (nSPS) is 32.8. The Labute approximate surface area is 123 Å². The molecule has 0 aromatic rings. The van der Waals surface area contributed by atoms with Gasteiger partial charge in [-0.05, 0) is 31.1 Å². The summed E-state index contributed by atoms with van der Waals surface area (Å²) in [5.41, 5.74) is 0. The topological polar surface area (TPSA) is 40.5 Å². The van der Waals surface area contributed by atoms with Crippen LogP contribution in [0.1, 0.15) is 58.8 Å². The number of Topliss-reactive ketones (excluding diaryl/α,β-unsaturated/α-hetero) is 1. The van der Waals surface area contributed by atoms with Crippen molar-refractivity contribution in [2.75, 3.05) is 19.7 Å². The summed E-state index contributed by atoms with van der Waals surface area (Å²) in [7, 11) is 0. The van der Waals surface area contributed by atoms with Crippen LogP contribution < -0.4 is 0 Å². The summed E-state index contributed by atoms with van der Waals surface area (Å²) >= 11 is 0. The van der Waals surface area contributed by atoms with Crippen LogP contribution in [0.15, 0.2) is 0 Å². The van der Waals surface area contributed by atoms with Crippen molar-refractivity contribution in [2.45, 2.75) is 64.8 Å². The zero-order chi connectivity index (χ0) is 14.5. The highest BCUT2D eigenvalue weighted by atomic mass is 16.3. The lowest BCUT2D eigenvalue weighted by molar-refractivity contribution is -0.129. The first-order valence-corrected chi connectivity index (χ1v) is 8.49. The van der Waals surface area contributed by atoms with Crippen molar-refractivity contribution < 1.29 is 9.90 Å². The van der Waals surface area contributed by atoms with Crippen molar-refractivity contribution in [3.63, 3.8) is 0 Å². The molecule has 0 bridgehead atoms. The van der Waals surface area contributed by atoms with Crippen LogP contribution in [0.4, 0.5) is 0 Å². The molecule has 0 spiro atoms. The lowest BCUT2D eigenvalue weighted by Crippen LogP contribution is -2.46. The van der Waals surface area contributed by atoms with E-state index in [2.05, 4.69) is 18.7 Å². The number of aliphatic hydroxyl groups excluding tert-OH is 1. The van der Waals surface area contributed by atoms with Crippen LogP contribution >= 0.6 is 0 Å². The minimum Gasteiger partial charge on any atom is -0.395 e. The van der Waals surface area contributed by atoms with Gasteiger partial charge < -0.3 is 5.11 Å². The fraction of sp³-hybridized carbons (Fsp3) is 0.941. The van der Waals surface area contributed by atoms with E-state index in [9.17, 15) is 9.90 Å². The van der Waals surface area contributed by atoms with E-state index in [1.165, 1.54) is 38.5 Å². The molecule has 0 radical (unpaired) electrons. The fourth-order valence-corrected chi connectivity index (χ4v) is 4.23. The highest BCUT2D eigenvalue weighted by Gasteiger charge is 2.34. The molecule has 2 fully saturated rings. The predicted molar refractivity (Wildman–Crippen MR) is 81.6 cm³/mol.